The first-order valence-corrected chi connectivity index (χ1v) is 8.32. The van der Waals surface area contributed by atoms with E-state index in [1.165, 1.54) is 44.9 Å². The minimum absolute atomic E-state index is 0.352. The van der Waals surface area contributed by atoms with Crippen LogP contribution < -0.4 is 19.6 Å². The van der Waals surface area contributed by atoms with Gasteiger partial charge in [-0.15, -0.1) is 23.5 Å². The number of ether oxygens (including phenoxy) is 3. The number of hydrogen-bond acceptors (Lipinski definition) is 7. The van der Waals surface area contributed by atoms with Crippen LogP contribution in [-0.2, 0) is 0 Å². The van der Waals surface area contributed by atoms with Crippen LogP contribution in [0.15, 0.2) is 17.2 Å². The van der Waals surface area contributed by atoms with Gasteiger partial charge in [0, 0.05) is 5.56 Å². The first kappa shape index (κ1) is 17.5. The summed E-state index contributed by atoms with van der Waals surface area (Å²) in [6, 6.07) is 3.15. The van der Waals surface area contributed by atoms with E-state index in [1.54, 1.807) is 12.1 Å². The molecule has 1 aromatic rings. The van der Waals surface area contributed by atoms with E-state index in [4.69, 9.17) is 14.2 Å². The summed E-state index contributed by atoms with van der Waals surface area (Å²) in [6.45, 7) is 0. The second-order valence-electron chi connectivity index (χ2n) is 3.64. The Hall–Kier alpha value is -1.54. The summed E-state index contributed by atoms with van der Waals surface area (Å²) in [5.74, 6) is 0.922. The molecule has 0 spiro atoms. The lowest BCUT2D eigenvalue weighted by Crippen LogP contribution is -2.18. The normalized spacial score (nSPS) is 9.76. The summed E-state index contributed by atoms with van der Waals surface area (Å²) in [6.07, 6.45) is 3.78. The van der Waals surface area contributed by atoms with Gasteiger partial charge in [-0.2, -0.15) is 5.10 Å². The number of carbonyl (C=O) groups excluding carboxylic acids is 1. The Morgan fingerprint density at radius 2 is 1.57 bits per heavy atom. The van der Waals surface area contributed by atoms with Gasteiger partial charge in [0.05, 0.1) is 21.3 Å². The number of carbonyl (C=O) groups is 1. The van der Waals surface area contributed by atoms with Crippen LogP contribution in [-0.4, -0.2) is 44.1 Å². The molecule has 0 atom stereocenters. The molecule has 8 heteroatoms. The lowest BCUT2D eigenvalue weighted by molar-refractivity contribution is 0.0954. The smallest absolute Gasteiger partial charge is 0.271 e. The fourth-order valence-corrected chi connectivity index (χ4v) is 2.49. The fraction of sp³-hybridized carbons (Fsp3) is 0.385. The summed E-state index contributed by atoms with van der Waals surface area (Å²) < 4.78 is 16.4. The minimum Gasteiger partial charge on any atom is -0.493 e. The highest BCUT2D eigenvalue weighted by atomic mass is 32.2. The van der Waals surface area contributed by atoms with Crippen molar-refractivity contribution in [1.82, 2.24) is 5.43 Å². The van der Waals surface area contributed by atoms with Crippen LogP contribution in [0.2, 0.25) is 0 Å². The number of hydrazone groups is 1. The van der Waals surface area contributed by atoms with E-state index in [-0.39, 0.29) is 5.91 Å². The number of thioether (sulfide) groups is 2. The molecule has 21 heavy (non-hydrogen) atoms. The molecular formula is C13H18N2O4S2. The predicted octanol–water partition coefficient (Wildman–Crippen LogP) is 2.44. The van der Waals surface area contributed by atoms with Gasteiger partial charge in [0.15, 0.2) is 11.5 Å². The van der Waals surface area contributed by atoms with E-state index in [9.17, 15) is 4.79 Å². The summed E-state index contributed by atoms with van der Waals surface area (Å²) in [5, 5.41) is 4.02. The molecule has 0 bridgehead atoms. The molecule has 0 aliphatic heterocycles. The summed E-state index contributed by atoms with van der Waals surface area (Å²) in [4.78, 5) is 12.1. The maximum Gasteiger partial charge on any atom is 0.271 e. The molecule has 1 rings (SSSR count). The number of benzene rings is 1. The van der Waals surface area contributed by atoms with Crippen molar-refractivity contribution >= 4 is 33.8 Å². The molecular weight excluding hydrogens is 312 g/mol. The fourth-order valence-electron chi connectivity index (χ4n) is 1.55. The molecule has 0 aliphatic rings. The second-order valence-corrected chi connectivity index (χ2v) is 5.49. The molecule has 116 valence electrons. The van der Waals surface area contributed by atoms with Crippen molar-refractivity contribution < 1.29 is 19.0 Å². The van der Waals surface area contributed by atoms with Crippen LogP contribution in [0.3, 0.4) is 0 Å². The molecule has 1 aromatic carbocycles. The third kappa shape index (κ3) is 4.47. The summed E-state index contributed by atoms with van der Waals surface area (Å²) >= 11 is 2.91. The first-order chi connectivity index (χ1) is 10.1. The molecule has 1 N–H and O–H groups in total. The monoisotopic (exact) mass is 330 g/mol. The maximum atomic E-state index is 12.1. The van der Waals surface area contributed by atoms with Crippen molar-refractivity contribution in [2.45, 2.75) is 0 Å². The molecule has 0 radical (unpaired) electrons. The average Bonchev–Trinajstić information content (AvgIpc) is 2.53. The van der Waals surface area contributed by atoms with E-state index >= 15 is 0 Å². The SMILES string of the molecule is COc1cc(C(=O)NN=C(SC)SC)cc(OC)c1OC. The third-order valence-electron chi connectivity index (χ3n) is 2.52. The number of hydrogen-bond donors (Lipinski definition) is 1. The zero-order chi connectivity index (χ0) is 15.8. The van der Waals surface area contributed by atoms with Crippen molar-refractivity contribution in [2.75, 3.05) is 33.8 Å². The van der Waals surface area contributed by atoms with Gasteiger partial charge in [0.1, 0.15) is 4.38 Å². The zero-order valence-corrected chi connectivity index (χ0v) is 14.2. The molecule has 0 aliphatic carbocycles. The van der Waals surface area contributed by atoms with Gasteiger partial charge in [-0.05, 0) is 24.6 Å². The van der Waals surface area contributed by atoms with Crippen LogP contribution in [0.4, 0.5) is 0 Å². The number of methoxy groups -OCH3 is 3. The third-order valence-corrected chi connectivity index (χ3v) is 4.41. The number of rotatable bonds is 5. The van der Waals surface area contributed by atoms with Gasteiger partial charge < -0.3 is 14.2 Å². The van der Waals surface area contributed by atoms with E-state index in [0.717, 1.165) is 4.38 Å². The van der Waals surface area contributed by atoms with Crippen LogP contribution in [0.1, 0.15) is 10.4 Å². The van der Waals surface area contributed by atoms with Gasteiger partial charge >= 0.3 is 0 Å². The van der Waals surface area contributed by atoms with Crippen LogP contribution >= 0.6 is 23.5 Å². The molecule has 1 amide bonds. The molecule has 0 saturated carbocycles. The van der Waals surface area contributed by atoms with Crippen molar-refractivity contribution in [1.29, 1.82) is 0 Å². The molecule has 0 saturated heterocycles. The van der Waals surface area contributed by atoms with Crippen LogP contribution in [0.5, 0.6) is 17.2 Å². The second kappa shape index (κ2) is 8.68. The summed E-state index contributed by atoms with van der Waals surface area (Å²) in [7, 11) is 4.50. The minimum atomic E-state index is -0.352. The number of nitrogens with zero attached hydrogens (tertiary/aromatic N) is 1. The lowest BCUT2D eigenvalue weighted by atomic mass is 10.1. The maximum absolute atomic E-state index is 12.1. The van der Waals surface area contributed by atoms with E-state index in [2.05, 4.69) is 10.5 Å². The quantitative estimate of drug-likeness (QED) is 0.508. The lowest BCUT2D eigenvalue weighted by Gasteiger charge is -2.13. The standard InChI is InChI=1S/C13H18N2O4S2/c1-17-9-6-8(7-10(18-2)11(9)19-3)12(16)14-15-13(20-4)21-5/h6-7H,1-5H3,(H,14,16). The van der Waals surface area contributed by atoms with Gasteiger partial charge in [0.2, 0.25) is 5.75 Å². The van der Waals surface area contributed by atoms with Crippen molar-refractivity contribution in [3.63, 3.8) is 0 Å². The topological polar surface area (TPSA) is 69.2 Å². The Labute approximate surface area is 132 Å². The Morgan fingerprint density at radius 3 is 1.95 bits per heavy atom. The highest BCUT2D eigenvalue weighted by Crippen LogP contribution is 2.38. The van der Waals surface area contributed by atoms with Gasteiger partial charge in [0.25, 0.3) is 5.91 Å². The number of amides is 1. The van der Waals surface area contributed by atoms with E-state index in [0.29, 0.717) is 22.8 Å². The molecule has 0 heterocycles. The largest absolute Gasteiger partial charge is 0.493 e. The Balaban J connectivity index is 3.07. The molecule has 0 unspecified atom stereocenters. The highest BCUT2D eigenvalue weighted by Gasteiger charge is 2.16. The van der Waals surface area contributed by atoms with Crippen molar-refractivity contribution in [3.8, 4) is 17.2 Å². The molecule has 6 nitrogen and oxygen atoms in total. The Bertz CT molecular complexity index is 504. The molecule has 0 fully saturated rings. The predicted molar refractivity (Wildman–Crippen MR) is 88.0 cm³/mol. The Morgan fingerprint density at radius 1 is 1.05 bits per heavy atom. The zero-order valence-electron chi connectivity index (χ0n) is 12.6. The summed E-state index contributed by atoms with van der Waals surface area (Å²) in [5.41, 5.74) is 2.87. The van der Waals surface area contributed by atoms with Gasteiger partial charge in [-0.3, -0.25) is 4.79 Å². The average molecular weight is 330 g/mol. The van der Waals surface area contributed by atoms with Gasteiger partial charge in [-0.1, -0.05) is 0 Å². The number of nitrogens with one attached hydrogen (secondary N) is 1. The van der Waals surface area contributed by atoms with Gasteiger partial charge in [-0.25, -0.2) is 5.43 Å². The van der Waals surface area contributed by atoms with Crippen molar-refractivity contribution in [2.24, 2.45) is 5.10 Å². The first-order valence-electron chi connectivity index (χ1n) is 5.87. The van der Waals surface area contributed by atoms with Crippen LogP contribution in [0.25, 0.3) is 0 Å². The molecule has 0 aromatic heterocycles. The van der Waals surface area contributed by atoms with Crippen molar-refractivity contribution in [3.05, 3.63) is 17.7 Å². The van der Waals surface area contributed by atoms with E-state index < -0.39 is 0 Å². The van der Waals surface area contributed by atoms with Crippen LogP contribution in [0, 0.1) is 0 Å². The van der Waals surface area contributed by atoms with E-state index in [1.807, 2.05) is 12.5 Å². The Kier molecular flexibility index (Phi) is 7.24. The highest BCUT2D eigenvalue weighted by molar-refractivity contribution is 8.38.